The molecule has 0 aliphatic rings. The van der Waals surface area contributed by atoms with Gasteiger partial charge < -0.3 is 0 Å². The van der Waals surface area contributed by atoms with Crippen LogP contribution in [0.1, 0.15) is 17.7 Å². The van der Waals surface area contributed by atoms with Gasteiger partial charge in [0.15, 0.2) is 0 Å². The van der Waals surface area contributed by atoms with E-state index in [2.05, 4.69) is 20.9 Å². The zero-order chi connectivity index (χ0) is 10.0. The molecule has 0 spiro atoms. The molecule has 0 N–H and O–H groups in total. The Bertz CT molecular complexity index is 375. The number of halogens is 4. The zero-order valence-electron chi connectivity index (χ0n) is 6.06. The minimum Gasteiger partial charge on any atom is -0.229 e. The summed E-state index contributed by atoms with van der Waals surface area (Å²) in [6.07, 6.45) is -2.71. The summed E-state index contributed by atoms with van der Waals surface area (Å²) in [7, 11) is 0. The van der Waals surface area contributed by atoms with Gasteiger partial charge in [0.2, 0.25) is 0 Å². The Hall–Kier alpha value is -0.730. The van der Waals surface area contributed by atoms with E-state index in [-0.39, 0.29) is 20.9 Å². The second-order valence-electron chi connectivity index (χ2n) is 2.11. The van der Waals surface area contributed by atoms with Crippen LogP contribution in [0, 0.1) is 11.3 Å². The Labute approximate surface area is 86.3 Å². The SMILES string of the molecule is N#Cc1cc(C(F)F)c(Cl)c(Br)n1. The summed E-state index contributed by atoms with van der Waals surface area (Å²) in [5, 5.41) is 8.28. The third-order valence-corrected chi connectivity index (χ3v) is 2.49. The maximum Gasteiger partial charge on any atom is 0.265 e. The van der Waals surface area contributed by atoms with E-state index in [9.17, 15) is 8.78 Å². The molecule has 0 fully saturated rings. The molecule has 0 unspecified atom stereocenters. The predicted octanol–water partition coefficient (Wildman–Crippen LogP) is 3.31. The van der Waals surface area contributed by atoms with Gasteiger partial charge in [-0.2, -0.15) is 5.26 Å². The number of nitriles is 1. The molecule has 0 aromatic carbocycles. The standard InChI is InChI=1S/C7H2BrClF2N2/c8-6-5(9)4(7(10)11)1-3(2-12)13-6/h1,7H. The summed E-state index contributed by atoms with van der Waals surface area (Å²) in [5.74, 6) is 0. The van der Waals surface area contributed by atoms with E-state index in [4.69, 9.17) is 16.9 Å². The van der Waals surface area contributed by atoms with Crippen LogP contribution in [0.4, 0.5) is 8.78 Å². The number of pyridine rings is 1. The maximum atomic E-state index is 12.3. The van der Waals surface area contributed by atoms with Crippen LogP contribution in [0.15, 0.2) is 10.7 Å². The molecule has 68 valence electrons. The van der Waals surface area contributed by atoms with E-state index in [1.807, 2.05) is 0 Å². The van der Waals surface area contributed by atoms with Gasteiger partial charge in [0, 0.05) is 5.56 Å². The predicted molar refractivity (Wildman–Crippen MR) is 46.6 cm³/mol. The summed E-state index contributed by atoms with van der Waals surface area (Å²) < 4.78 is 24.6. The van der Waals surface area contributed by atoms with Gasteiger partial charge >= 0.3 is 0 Å². The Morgan fingerprint density at radius 1 is 1.62 bits per heavy atom. The van der Waals surface area contributed by atoms with Crippen LogP contribution in [0.3, 0.4) is 0 Å². The molecule has 0 saturated carbocycles. The van der Waals surface area contributed by atoms with Crippen molar-refractivity contribution in [3.63, 3.8) is 0 Å². The molecule has 0 radical (unpaired) electrons. The van der Waals surface area contributed by atoms with Crippen LogP contribution in [-0.2, 0) is 0 Å². The summed E-state index contributed by atoms with van der Waals surface area (Å²) >= 11 is 8.40. The van der Waals surface area contributed by atoms with E-state index in [0.717, 1.165) is 6.07 Å². The first kappa shape index (κ1) is 10.4. The molecule has 0 amide bonds. The van der Waals surface area contributed by atoms with E-state index < -0.39 is 6.43 Å². The molecule has 2 nitrogen and oxygen atoms in total. The van der Waals surface area contributed by atoms with Crippen molar-refractivity contribution in [2.45, 2.75) is 6.43 Å². The minimum atomic E-state index is -2.71. The smallest absolute Gasteiger partial charge is 0.229 e. The van der Waals surface area contributed by atoms with Crippen molar-refractivity contribution >= 4 is 27.5 Å². The highest BCUT2D eigenvalue weighted by atomic mass is 79.9. The molecule has 0 aliphatic heterocycles. The quantitative estimate of drug-likeness (QED) is 0.732. The van der Waals surface area contributed by atoms with Crippen LogP contribution in [0.2, 0.25) is 5.02 Å². The number of alkyl halides is 2. The topological polar surface area (TPSA) is 36.7 Å². The Kier molecular flexibility index (Phi) is 3.17. The van der Waals surface area contributed by atoms with Gasteiger partial charge in [-0.3, -0.25) is 0 Å². The molecule has 0 bridgehead atoms. The van der Waals surface area contributed by atoms with Gasteiger partial charge in [0.1, 0.15) is 16.4 Å². The summed E-state index contributed by atoms with van der Waals surface area (Å²) in [5.41, 5.74) is -0.480. The highest BCUT2D eigenvalue weighted by Gasteiger charge is 2.16. The number of nitrogens with zero attached hydrogens (tertiary/aromatic N) is 2. The third kappa shape index (κ3) is 2.14. The van der Waals surface area contributed by atoms with Crippen molar-refractivity contribution in [3.8, 4) is 6.07 Å². The molecule has 0 atom stereocenters. The second kappa shape index (κ2) is 3.99. The van der Waals surface area contributed by atoms with Gasteiger partial charge in [0.05, 0.1) is 5.02 Å². The molecular weight excluding hydrogens is 265 g/mol. The first-order valence-corrected chi connectivity index (χ1v) is 4.27. The van der Waals surface area contributed by atoms with Crippen LogP contribution < -0.4 is 0 Å². The third-order valence-electron chi connectivity index (χ3n) is 1.30. The van der Waals surface area contributed by atoms with Crippen LogP contribution in [0.25, 0.3) is 0 Å². The monoisotopic (exact) mass is 266 g/mol. The Morgan fingerprint density at radius 3 is 2.69 bits per heavy atom. The van der Waals surface area contributed by atoms with Crippen molar-refractivity contribution in [2.24, 2.45) is 0 Å². The second-order valence-corrected chi connectivity index (χ2v) is 3.24. The van der Waals surface area contributed by atoms with E-state index in [1.165, 1.54) is 0 Å². The molecule has 13 heavy (non-hydrogen) atoms. The minimum absolute atomic E-state index is 0.0588. The lowest BCUT2D eigenvalue weighted by molar-refractivity contribution is 0.151. The Morgan fingerprint density at radius 2 is 2.23 bits per heavy atom. The van der Waals surface area contributed by atoms with Crippen molar-refractivity contribution in [1.29, 1.82) is 5.26 Å². The normalized spacial score (nSPS) is 10.2. The van der Waals surface area contributed by atoms with Gasteiger partial charge in [0.25, 0.3) is 6.43 Å². The van der Waals surface area contributed by atoms with E-state index in [0.29, 0.717) is 0 Å². The lowest BCUT2D eigenvalue weighted by atomic mass is 10.2. The summed E-state index contributed by atoms with van der Waals surface area (Å²) in [4.78, 5) is 3.62. The van der Waals surface area contributed by atoms with Crippen molar-refractivity contribution in [2.75, 3.05) is 0 Å². The first-order valence-electron chi connectivity index (χ1n) is 3.10. The average Bonchev–Trinajstić information content (AvgIpc) is 2.09. The van der Waals surface area contributed by atoms with Crippen LogP contribution in [-0.4, -0.2) is 4.98 Å². The lowest BCUT2D eigenvalue weighted by Crippen LogP contribution is -1.93. The number of aromatic nitrogens is 1. The van der Waals surface area contributed by atoms with E-state index >= 15 is 0 Å². The first-order chi connectivity index (χ1) is 6.06. The molecule has 6 heteroatoms. The Balaban J connectivity index is 3.35. The molecule has 1 rings (SSSR count). The van der Waals surface area contributed by atoms with Gasteiger partial charge in [-0.15, -0.1) is 0 Å². The van der Waals surface area contributed by atoms with Gasteiger partial charge in [-0.05, 0) is 22.0 Å². The largest absolute Gasteiger partial charge is 0.265 e. The van der Waals surface area contributed by atoms with Crippen molar-refractivity contribution in [1.82, 2.24) is 4.98 Å². The van der Waals surface area contributed by atoms with Crippen molar-refractivity contribution in [3.05, 3.63) is 26.9 Å². The average molecular weight is 267 g/mol. The molecule has 0 aliphatic carbocycles. The van der Waals surface area contributed by atoms with Crippen LogP contribution >= 0.6 is 27.5 Å². The fourth-order valence-corrected chi connectivity index (χ4v) is 1.33. The van der Waals surface area contributed by atoms with Crippen LogP contribution in [0.5, 0.6) is 0 Å². The van der Waals surface area contributed by atoms with E-state index in [1.54, 1.807) is 6.07 Å². The lowest BCUT2D eigenvalue weighted by Gasteiger charge is -2.03. The highest BCUT2D eigenvalue weighted by Crippen LogP contribution is 2.31. The summed E-state index contributed by atoms with van der Waals surface area (Å²) in [6, 6.07) is 2.63. The maximum absolute atomic E-state index is 12.3. The fraction of sp³-hybridized carbons (Fsp3) is 0.143. The highest BCUT2D eigenvalue weighted by molar-refractivity contribution is 9.10. The fourth-order valence-electron chi connectivity index (χ4n) is 0.733. The molecular formula is C7H2BrClF2N2. The number of hydrogen-bond acceptors (Lipinski definition) is 2. The zero-order valence-corrected chi connectivity index (χ0v) is 8.40. The van der Waals surface area contributed by atoms with Gasteiger partial charge in [-0.25, -0.2) is 13.8 Å². The molecule has 1 aromatic heterocycles. The van der Waals surface area contributed by atoms with Crippen molar-refractivity contribution < 1.29 is 8.78 Å². The number of rotatable bonds is 1. The molecule has 0 saturated heterocycles. The molecule has 1 heterocycles. The molecule has 1 aromatic rings. The van der Waals surface area contributed by atoms with Gasteiger partial charge in [-0.1, -0.05) is 11.6 Å². The summed E-state index contributed by atoms with van der Waals surface area (Å²) in [6.45, 7) is 0. The number of hydrogen-bond donors (Lipinski definition) is 0.